The van der Waals surface area contributed by atoms with E-state index >= 15 is 0 Å². The summed E-state index contributed by atoms with van der Waals surface area (Å²) in [4.78, 5) is 4.77. The molecule has 1 fully saturated rings. The summed E-state index contributed by atoms with van der Waals surface area (Å²) in [5.41, 5.74) is 8.89. The number of piperazine rings is 1. The topological polar surface area (TPSA) is 32.5 Å². The second-order valence-corrected chi connectivity index (χ2v) is 5.37. The quantitative estimate of drug-likeness (QED) is 0.780. The highest BCUT2D eigenvalue weighted by molar-refractivity contribution is 6.33. The van der Waals surface area contributed by atoms with Gasteiger partial charge in [-0.2, -0.15) is 0 Å². The smallest absolute Gasteiger partial charge is 0.0656 e. The molecule has 3 nitrogen and oxygen atoms in total. The van der Waals surface area contributed by atoms with Gasteiger partial charge in [-0.25, -0.2) is 0 Å². The molecule has 0 radical (unpaired) electrons. The molecule has 1 saturated heterocycles. The number of halogens is 1. The van der Waals surface area contributed by atoms with Gasteiger partial charge in [0.05, 0.1) is 10.7 Å². The van der Waals surface area contributed by atoms with E-state index in [4.69, 9.17) is 17.3 Å². The number of nitrogen functional groups attached to an aromatic ring is 1. The molecule has 1 aliphatic rings. The van der Waals surface area contributed by atoms with Crippen LogP contribution in [0.3, 0.4) is 0 Å². The number of likely N-dealkylation sites (N-methyl/N-ethyl adjacent to an activating group) is 1. The third-order valence-electron chi connectivity index (χ3n) is 3.46. The minimum absolute atomic E-state index is 0.507. The van der Waals surface area contributed by atoms with Crippen molar-refractivity contribution >= 4 is 23.0 Å². The van der Waals surface area contributed by atoms with Gasteiger partial charge in [-0.3, -0.25) is 0 Å². The van der Waals surface area contributed by atoms with E-state index < -0.39 is 0 Å². The van der Waals surface area contributed by atoms with Gasteiger partial charge in [0.2, 0.25) is 0 Å². The highest BCUT2D eigenvalue weighted by Crippen LogP contribution is 2.31. The van der Waals surface area contributed by atoms with Crippen molar-refractivity contribution in [3.05, 3.63) is 22.7 Å². The summed E-state index contributed by atoms with van der Waals surface area (Å²) in [6.45, 7) is 7.55. The van der Waals surface area contributed by atoms with E-state index in [1.165, 1.54) is 11.3 Å². The van der Waals surface area contributed by atoms with Crippen molar-refractivity contribution in [2.75, 3.05) is 37.3 Å². The largest absolute Gasteiger partial charge is 0.398 e. The fourth-order valence-corrected chi connectivity index (χ4v) is 2.66. The summed E-state index contributed by atoms with van der Waals surface area (Å²) in [6.07, 6.45) is 0. The molecule has 94 valence electrons. The highest BCUT2D eigenvalue weighted by atomic mass is 35.5. The Balaban J connectivity index is 2.31. The molecule has 1 aliphatic heterocycles. The van der Waals surface area contributed by atoms with Crippen molar-refractivity contribution in [3.63, 3.8) is 0 Å². The second-order valence-electron chi connectivity index (χ2n) is 4.96. The van der Waals surface area contributed by atoms with Crippen LogP contribution in [0.2, 0.25) is 5.02 Å². The second kappa shape index (κ2) is 4.75. The Morgan fingerprint density at radius 2 is 2.06 bits per heavy atom. The number of aryl methyl sites for hydroxylation is 1. The molecule has 17 heavy (non-hydrogen) atoms. The lowest BCUT2D eigenvalue weighted by molar-refractivity contribution is 0.275. The molecular weight excluding hydrogens is 234 g/mol. The fourth-order valence-electron chi connectivity index (χ4n) is 2.50. The Kier molecular flexibility index (Phi) is 3.50. The molecule has 0 spiro atoms. The van der Waals surface area contributed by atoms with Crippen molar-refractivity contribution in [1.29, 1.82) is 0 Å². The summed E-state index contributed by atoms with van der Waals surface area (Å²) in [5, 5.41) is 0.650. The Morgan fingerprint density at radius 1 is 1.35 bits per heavy atom. The van der Waals surface area contributed by atoms with Crippen LogP contribution >= 0.6 is 11.6 Å². The third-order valence-corrected chi connectivity index (χ3v) is 3.78. The van der Waals surface area contributed by atoms with Crippen LogP contribution in [0.1, 0.15) is 12.5 Å². The van der Waals surface area contributed by atoms with Gasteiger partial charge in [0.15, 0.2) is 0 Å². The van der Waals surface area contributed by atoms with E-state index in [0.717, 1.165) is 19.6 Å². The van der Waals surface area contributed by atoms with Gasteiger partial charge in [-0.05, 0) is 38.6 Å². The van der Waals surface area contributed by atoms with Crippen LogP contribution in [0.25, 0.3) is 0 Å². The Morgan fingerprint density at radius 3 is 2.71 bits per heavy atom. The van der Waals surface area contributed by atoms with E-state index in [0.29, 0.717) is 16.8 Å². The first-order valence-corrected chi connectivity index (χ1v) is 6.37. The predicted molar refractivity (Wildman–Crippen MR) is 74.9 cm³/mol. The first kappa shape index (κ1) is 12.5. The van der Waals surface area contributed by atoms with Gasteiger partial charge in [-0.1, -0.05) is 11.6 Å². The lowest BCUT2D eigenvalue weighted by Gasteiger charge is -2.40. The number of nitrogens with zero attached hydrogens (tertiary/aromatic N) is 2. The van der Waals surface area contributed by atoms with Crippen LogP contribution in [0.15, 0.2) is 12.1 Å². The minimum Gasteiger partial charge on any atom is -0.398 e. The number of rotatable bonds is 1. The van der Waals surface area contributed by atoms with Crippen LogP contribution < -0.4 is 10.6 Å². The number of anilines is 2. The van der Waals surface area contributed by atoms with E-state index in [-0.39, 0.29) is 0 Å². The van der Waals surface area contributed by atoms with Gasteiger partial charge >= 0.3 is 0 Å². The van der Waals surface area contributed by atoms with E-state index in [9.17, 15) is 0 Å². The SMILES string of the molecule is Cc1cc(N)c(Cl)cc1N1CCN(C)CC1C. The fraction of sp³-hybridized carbons (Fsp3) is 0.538. The van der Waals surface area contributed by atoms with Crippen LogP contribution in [-0.2, 0) is 0 Å². The van der Waals surface area contributed by atoms with E-state index in [1.54, 1.807) is 0 Å². The lowest BCUT2D eigenvalue weighted by atomic mass is 10.1. The molecular formula is C13H20ClN3. The van der Waals surface area contributed by atoms with Gasteiger partial charge in [0.1, 0.15) is 0 Å². The highest BCUT2D eigenvalue weighted by Gasteiger charge is 2.23. The molecule has 0 saturated carbocycles. The minimum atomic E-state index is 0.507. The molecule has 0 aliphatic carbocycles. The van der Waals surface area contributed by atoms with Crippen molar-refractivity contribution < 1.29 is 0 Å². The number of hydrogen-bond acceptors (Lipinski definition) is 3. The summed E-state index contributed by atoms with van der Waals surface area (Å²) in [7, 11) is 2.16. The maximum Gasteiger partial charge on any atom is 0.0656 e. The zero-order chi connectivity index (χ0) is 12.6. The average molecular weight is 254 g/mol. The maximum absolute atomic E-state index is 6.12. The van der Waals surface area contributed by atoms with Gasteiger partial charge in [0.25, 0.3) is 0 Å². The molecule has 1 atom stereocenters. The molecule has 1 aromatic carbocycles. The molecule has 0 amide bonds. The Bertz CT molecular complexity index is 419. The van der Waals surface area contributed by atoms with Gasteiger partial charge in [0, 0.05) is 31.4 Å². The van der Waals surface area contributed by atoms with Crippen LogP contribution in [0, 0.1) is 6.92 Å². The monoisotopic (exact) mass is 253 g/mol. The molecule has 2 N–H and O–H groups in total. The molecule has 2 rings (SSSR count). The molecule has 4 heteroatoms. The summed E-state index contributed by atoms with van der Waals surface area (Å²) < 4.78 is 0. The Labute approximate surface area is 108 Å². The maximum atomic E-state index is 6.12. The summed E-state index contributed by atoms with van der Waals surface area (Å²) in [6, 6.07) is 4.46. The predicted octanol–water partition coefficient (Wildman–Crippen LogP) is 2.37. The third kappa shape index (κ3) is 2.50. The summed E-state index contributed by atoms with van der Waals surface area (Å²) >= 11 is 6.12. The normalized spacial score (nSPS) is 21.9. The van der Waals surface area contributed by atoms with Gasteiger partial charge < -0.3 is 15.5 Å². The van der Waals surface area contributed by atoms with Crippen molar-refractivity contribution in [2.24, 2.45) is 0 Å². The zero-order valence-corrected chi connectivity index (χ0v) is 11.5. The standard InChI is InChI=1S/C13H20ClN3/c1-9-6-12(15)11(14)7-13(9)17-5-4-16(3)8-10(17)2/h6-7,10H,4-5,8,15H2,1-3H3. The number of hydrogen-bond donors (Lipinski definition) is 1. The van der Waals surface area contributed by atoms with Gasteiger partial charge in [-0.15, -0.1) is 0 Å². The van der Waals surface area contributed by atoms with Crippen LogP contribution in [0.4, 0.5) is 11.4 Å². The Hall–Kier alpha value is -0.930. The first-order valence-electron chi connectivity index (χ1n) is 6.00. The molecule has 1 unspecified atom stereocenters. The lowest BCUT2D eigenvalue weighted by Crippen LogP contribution is -2.50. The van der Waals surface area contributed by atoms with E-state index in [2.05, 4.69) is 30.7 Å². The van der Waals surface area contributed by atoms with Crippen LogP contribution in [-0.4, -0.2) is 37.6 Å². The average Bonchev–Trinajstić information content (AvgIpc) is 2.24. The summed E-state index contributed by atoms with van der Waals surface area (Å²) in [5.74, 6) is 0. The van der Waals surface area contributed by atoms with Crippen molar-refractivity contribution in [1.82, 2.24) is 4.90 Å². The number of nitrogens with two attached hydrogens (primary N) is 1. The van der Waals surface area contributed by atoms with Crippen LogP contribution in [0.5, 0.6) is 0 Å². The molecule has 0 aromatic heterocycles. The first-order chi connectivity index (χ1) is 7.99. The molecule has 1 heterocycles. The van der Waals surface area contributed by atoms with Crippen molar-refractivity contribution in [2.45, 2.75) is 19.9 Å². The van der Waals surface area contributed by atoms with E-state index in [1.807, 2.05) is 12.1 Å². The molecule has 0 bridgehead atoms. The molecule has 1 aromatic rings. The zero-order valence-electron chi connectivity index (χ0n) is 10.7. The number of benzene rings is 1. The van der Waals surface area contributed by atoms with Crippen molar-refractivity contribution in [3.8, 4) is 0 Å².